The molecule has 0 aliphatic heterocycles. The molecule has 2 heteroatoms. The molecule has 0 aliphatic rings. The van der Waals surface area contributed by atoms with Crippen molar-refractivity contribution in [3.05, 3.63) is 35.4 Å². The SMILES string of the molecule is CC.CC.COC(=O)Cc1ccccc1C. The molecule has 0 amide bonds. The Hall–Kier alpha value is -1.31. The third-order valence-electron chi connectivity index (χ3n) is 1.82. The lowest BCUT2D eigenvalue weighted by Gasteiger charge is -2.02. The second-order valence-corrected chi connectivity index (χ2v) is 2.68. The van der Waals surface area contributed by atoms with Crippen molar-refractivity contribution < 1.29 is 9.53 Å². The van der Waals surface area contributed by atoms with Gasteiger partial charge in [0.15, 0.2) is 0 Å². The number of ether oxygens (including phenoxy) is 1. The quantitative estimate of drug-likeness (QED) is 0.715. The largest absolute Gasteiger partial charge is 0.469 e. The molecular formula is C14H24O2. The van der Waals surface area contributed by atoms with Gasteiger partial charge in [-0.05, 0) is 18.1 Å². The Balaban J connectivity index is 0. The van der Waals surface area contributed by atoms with Crippen molar-refractivity contribution in [1.82, 2.24) is 0 Å². The van der Waals surface area contributed by atoms with Gasteiger partial charge in [-0.2, -0.15) is 0 Å². The van der Waals surface area contributed by atoms with E-state index in [1.807, 2.05) is 58.9 Å². The van der Waals surface area contributed by atoms with Crippen molar-refractivity contribution in [2.24, 2.45) is 0 Å². The van der Waals surface area contributed by atoms with Gasteiger partial charge in [-0.1, -0.05) is 52.0 Å². The Morgan fingerprint density at radius 3 is 2.06 bits per heavy atom. The van der Waals surface area contributed by atoms with Gasteiger partial charge in [0.05, 0.1) is 13.5 Å². The normalized spacial score (nSPS) is 7.88. The summed E-state index contributed by atoms with van der Waals surface area (Å²) in [6.07, 6.45) is 0.364. The maximum absolute atomic E-state index is 10.9. The maximum atomic E-state index is 10.9. The van der Waals surface area contributed by atoms with E-state index in [1.165, 1.54) is 7.11 Å². The fourth-order valence-electron chi connectivity index (χ4n) is 1.04. The van der Waals surface area contributed by atoms with E-state index in [2.05, 4.69) is 4.74 Å². The van der Waals surface area contributed by atoms with E-state index in [1.54, 1.807) is 0 Å². The van der Waals surface area contributed by atoms with Gasteiger partial charge in [-0.15, -0.1) is 0 Å². The van der Waals surface area contributed by atoms with E-state index >= 15 is 0 Å². The number of aryl methyl sites for hydroxylation is 1. The van der Waals surface area contributed by atoms with Crippen molar-refractivity contribution in [3.8, 4) is 0 Å². The monoisotopic (exact) mass is 224 g/mol. The van der Waals surface area contributed by atoms with E-state index in [4.69, 9.17) is 0 Å². The highest BCUT2D eigenvalue weighted by Crippen LogP contribution is 2.07. The van der Waals surface area contributed by atoms with Gasteiger partial charge < -0.3 is 4.74 Å². The highest BCUT2D eigenvalue weighted by molar-refractivity contribution is 5.72. The number of hydrogen-bond acceptors (Lipinski definition) is 2. The maximum Gasteiger partial charge on any atom is 0.309 e. The molecule has 1 aromatic carbocycles. The van der Waals surface area contributed by atoms with Crippen LogP contribution in [-0.4, -0.2) is 13.1 Å². The molecule has 0 aromatic heterocycles. The number of methoxy groups -OCH3 is 1. The van der Waals surface area contributed by atoms with Crippen LogP contribution in [0.5, 0.6) is 0 Å². The zero-order valence-electron chi connectivity index (χ0n) is 11.3. The lowest BCUT2D eigenvalue weighted by atomic mass is 10.1. The highest BCUT2D eigenvalue weighted by atomic mass is 16.5. The van der Waals surface area contributed by atoms with Crippen LogP contribution in [0, 0.1) is 6.92 Å². The molecule has 2 nitrogen and oxygen atoms in total. The molecule has 0 fully saturated rings. The van der Waals surface area contributed by atoms with Crippen molar-refractivity contribution >= 4 is 5.97 Å². The predicted molar refractivity (Wildman–Crippen MR) is 69.6 cm³/mol. The lowest BCUT2D eigenvalue weighted by Crippen LogP contribution is -2.05. The number of carbonyl (C=O) groups excluding carboxylic acids is 1. The summed E-state index contributed by atoms with van der Waals surface area (Å²) >= 11 is 0. The second kappa shape index (κ2) is 11.8. The van der Waals surface area contributed by atoms with Crippen LogP contribution < -0.4 is 0 Å². The molecular weight excluding hydrogens is 200 g/mol. The van der Waals surface area contributed by atoms with Gasteiger partial charge in [-0.3, -0.25) is 4.79 Å². The van der Waals surface area contributed by atoms with E-state index in [9.17, 15) is 4.79 Å². The van der Waals surface area contributed by atoms with Gasteiger partial charge in [0.2, 0.25) is 0 Å². The molecule has 0 aliphatic carbocycles. The van der Waals surface area contributed by atoms with E-state index < -0.39 is 0 Å². The fraction of sp³-hybridized carbons (Fsp3) is 0.500. The van der Waals surface area contributed by atoms with Gasteiger partial charge in [0.1, 0.15) is 0 Å². The summed E-state index contributed by atoms with van der Waals surface area (Å²) in [6.45, 7) is 9.98. The molecule has 0 spiro atoms. The molecule has 0 unspecified atom stereocenters. The first-order valence-electron chi connectivity index (χ1n) is 5.85. The lowest BCUT2D eigenvalue weighted by molar-refractivity contribution is -0.139. The van der Waals surface area contributed by atoms with Crippen molar-refractivity contribution in [1.29, 1.82) is 0 Å². The molecule has 0 heterocycles. The van der Waals surface area contributed by atoms with Crippen molar-refractivity contribution in [3.63, 3.8) is 0 Å². The smallest absolute Gasteiger partial charge is 0.309 e. The Morgan fingerprint density at radius 1 is 1.12 bits per heavy atom. The molecule has 1 aromatic rings. The topological polar surface area (TPSA) is 26.3 Å². The van der Waals surface area contributed by atoms with Gasteiger partial charge in [-0.25, -0.2) is 0 Å². The minimum absolute atomic E-state index is 0.190. The summed E-state index contributed by atoms with van der Waals surface area (Å²) in [6, 6.07) is 7.80. The first-order valence-corrected chi connectivity index (χ1v) is 5.85. The van der Waals surface area contributed by atoms with E-state index in [-0.39, 0.29) is 5.97 Å². The van der Waals surface area contributed by atoms with E-state index in [0.717, 1.165) is 11.1 Å². The van der Waals surface area contributed by atoms with Crippen LogP contribution in [0.1, 0.15) is 38.8 Å². The summed E-state index contributed by atoms with van der Waals surface area (Å²) in [4.78, 5) is 10.9. The van der Waals surface area contributed by atoms with E-state index in [0.29, 0.717) is 6.42 Å². The summed E-state index contributed by atoms with van der Waals surface area (Å²) in [5, 5.41) is 0. The molecule has 0 atom stereocenters. The average molecular weight is 224 g/mol. The van der Waals surface area contributed by atoms with Crippen LogP contribution in [-0.2, 0) is 16.0 Å². The average Bonchev–Trinajstić information content (AvgIpc) is 2.37. The Kier molecular flexibility index (Phi) is 12.6. The molecule has 0 saturated heterocycles. The number of rotatable bonds is 2. The summed E-state index contributed by atoms with van der Waals surface area (Å²) < 4.78 is 4.57. The van der Waals surface area contributed by atoms with Gasteiger partial charge >= 0.3 is 5.97 Å². The van der Waals surface area contributed by atoms with Crippen LogP contribution in [0.2, 0.25) is 0 Å². The van der Waals surface area contributed by atoms with Crippen LogP contribution >= 0.6 is 0 Å². The summed E-state index contributed by atoms with van der Waals surface area (Å²) in [7, 11) is 1.40. The molecule has 1 rings (SSSR count). The highest BCUT2D eigenvalue weighted by Gasteiger charge is 2.03. The third kappa shape index (κ3) is 7.04. The number of carbonyl (C=O) groups is 1. The molecule has 16 heavy (non-hydrogen) atoms. The molecule has 92 valence electrons. The minimum atomic E-state index is -0.190. The number of esters is 1. The van der Waals surface area contributed by atoms with Gasteiger partial charge in [0.25, 0.3) is 0 Å². The summed E-state index contributed by atoms with van der Waals surface area (Å²) in [5.74, 6) is -0.190. The Bertz CT molecular complexity index is 280. The number of benzene rings is 1. The van der Waals surface area contributed by atoms with Crippen molar-refractivity contribution in [2.45, 2.75) is 41.0 Å². The molecule has 0 saturated carbocycles. The first kappa shape index (κ1) is 17.1. The predicted octanol–water partition coefficient (Wildman–Crippen LogP) is 3.76. The summed E-state index contributed by atoms with van der Waals surface area (Å²) in [5.41, 5.74) is 2.16. The zero-order valence-corrected chi connectivity index (χ0v) is 11.3. The molecule has 0 radical (unpaired) electrons. The number of hydrogen-bond donors (Lipinski definition) is 0. The van der Waals surface area contributed by atoms with Crippen LogP contribution in [0.4, 0.5) is 0 Å². The fourth-order valence-corrected chi connectivity index (χ4v) is 1.04. The first-order chi connectivity index (χ1) is 7.74. The second-order valence-electron chi connectivity index (χ2n) is 2.68. The van der Waals surface area contributed by atoms with Crippen LogP contribution in [0.25, 0.3) is 0 Å². The Morgan fingerprint density at radius 2 is 1.62 bits per heavy atom. The minimum Gasteiger partial charge on any atom is -0.469 e. The van der Waals surface area contributed by atoms with Crippen LogP contribution in [0.3, 0.4) is 0 Å². The standard InChI is InChI=1S/C10H12O2.2C2H6/c1-8-5-3-4-6-9(8)7-10(11)12-2;2*1-2/h3-6H,7H2,1-2H3;2*1-2H3. The van der Waals surface area contributed by atoms with Crippen molar-refractivity contribution in [2.75, 3.05) is 7.11 Å². The molecule has 0 N–H and O–H groups in total. The third-order valence-corrected chi connectivity index (χ3v) is 1.82. The Labute approximate surface area is 99.6 Å². The van der Waals surface area contributed by atoms with Crippen LogP contribution in [0.15, 0.2) is 24.3 Å². The molecule has 0 bridgehead atoms. The van der Waals surface area contributed by atoms with Gasteiger partial charge in [0, 0.05) is 0 Å². The zero-order chi connectivity index (χ0) is 13.0.